The van der Waals surface area contributed by atoms with Gasteiger partial charge in [0.15, 0.2) is 0 Å². The van der Waals surface area contributed by atoms with Crippen LogP contribution in [0.3, 0.4) is 0 Å². The number of hydrogen-bond donors (Lipinski definition) is 1. The normalized spacial score (nSPS) is 21.0. The van der Waals surface area contributed by atoms with Crippen LogP contribution in [-0.2, 0) is 0 Å². The van der Waals surface area contributed by atoms with Crippen molar-refractivity contribution in [2.24, 2.45) is 0 Å². The molecule has 0 saturated carbocycles. The van der Waals surface area contributed by atoms with E-state index in [2.05, 4.69) is 58.0 Å². The third-order valence-electron chi connectivity index (χ3n) is 4.58. The van der Waals surface area contributed by atoms with Crippen molar-refractivity contribution in [3.05, 3.63) is 58.9 Å². The van der Waals surface area contributed by atoms with Crippen LogP contribution in [-0.4, -0.2) is 21.0 Å². The molecule has 0 bridgehead atoms. The van der Waals surface area contributed by atoms with Crippen molar-refractivity contribution in [2.45, 2.75) is 52.1 Å². The molecule has 0 radical (unpaired) electrons. The predicted molar refractivity (Wildman–Crippen MR) is 89.6 cm³/mol. The molecule has 116 valence electrons. The first-order valence-electron chi connectivity index (χ1n) is 8.00. The van der Waals surface area contributed by atoms with Gasteiger partial charge >= 0.3 is 0 Å². The van der Waals surface area contributed by atoms with Crippen LogP contribution in [0, 0.1) is 13.8 Å². The molecular weight excluding hydrogens is 272 g/mol. The van der Waals surface area contributed by atoms with Gasteiger partial charge in [-0.25, -0.2) is 4.68 Å². The van der Waals surface area contributed by atoms with E-state index in [1.165, 1.54) is 16.8 Å². The van der Waals surface area contributed by atoms with Gasteiger partial charge in [-0.3, -0.25) is 0 Å². The molecule has 3 nitrogen and oxygen atoms in total. The standard InChI is InChI=1S/C19H24N2O/c1-12(2)15-5-8-17(9-6-15)21-14(4)19(13(3)20-21)16-7-10-18(22)11-16/h5-10,12,16,18,22H,11H2,1-4H3/t16-,18+/m0/s1. The van der Waals surface area contributed by atoms with Gasteiger partial charge in [0.2, 0.25) is 0 Å². The van der Waals surface area contributed by atoms with Crippen molar-refractivity contribution < 1.29 is 5.11 Å². The molecule has 1 aliphatic carbocycles. The Labute approximate surface area is 132 Å². The fourth-order valence-electron chi connectivity index (χ4n) is 3.34. The second-order valence-corrected chi connectivity index (χ2v) is 6.54. The molecule has 3 rings (SSSR count). The monoisotopic (exact) mass is 296 g/mol. The van der Waals surface area contributed by atoms with Crippen molar-refractivity contribution in [1.82, 2.24) is 9.78 Å². The highest BCUT2D eigenvalue weighted by Gasteiger charge is 2.25. The van der Waals surface area contributed by atoms with E-state index < -0.39 is 0 Å². The fraction of sp³-hybridized carbons (Fsp3) is 0.421. The third-order valence-corrected chi connectivity index (χ3v) is 4.58. The lowest BCUT2D eigenvalue weighted by atomic mass is 9.96. The van der Waals surface area contributed by atoms with Crippen LogP contribution >= 0.6 is 0 Å². The summed E-state index contributed by atoms with van der Waals surface area (Å²) in [6.45, 7) is 8.58. The van der Waals surface area contributed by atoms with Gasteiger partial charge in [0.05, 0.1) is 17.5 Å². The van der Waals surface area contributed by atoms with Gasteiger partial charge in [-0.15, -0.1) is 0 Å². The number of nitrogens with zero attached hydrogens (tertiary/aromatic N) is 2. The minimum Gasteiger partial charge on any atom is -0.389 e. The Morgan fingerprint density at radius 2 is 1.82 bits per heavy atom. The van der Waals surface area contributed by atoms with Crippen LogP contribution in [0.5, 0.6) is 0 Å². The summed E-state index contributed by atoms with van der Waals surface area (Å²) in [5, 5.41) is 14.5. The first kappa shape index (κ1) is 15.0. The number of benzene rings is 1. The van der Waals surface area contributed by atoms with Crippen LogP contribution in [0.2, 0.25) is 0 Å². The van der Waals surface area contributed by atoms with E-state index in [9.17, 15) is 5.11 Å². The fourth-order valence-corrected chi connectivity index (χ4v) is 3.34. The molecule has 0 spiro atoms. The van der Waals surface area contributed by atoms with Crippen molar-refractivity contribution in [3.8, 4) is 5.69 Å². The lowest BCUT2D eigenvalue weighted by molar-refractivity contribution is 0.218. The molecule has 0 unspecified atom stereocenters. The van der Waals surface area contributed by atoms with E-state index in [4.69, 9.17) is 5.10 Å². The highest BCUT2D eigenvalue weighted by atomic mass is 16.3. The van der Waals surface area contributed by atoms with Crippen LogP contribution in [0.1, 0.15) is 54.6 Å². The van der Waals surface area contributed by atoms with Crippen molar-refractivity contribution >= 4 is 0 Å². The van der Waals surface area contributed by atoms with Gasteiger partial charge in [-0.2, -0.15) is 5.10 Å². The zero-order valence-corrected chi connectivity index (χ0v) is 13.7. The highest BCUT2D eigenvalue weighted by Crippen LogP contribution is 2.33. The molecular formula is C19H24N2O. The molecule has 0 saturated heterocycles. The van der Waals surface area contributed by atoms with Crippen molar-refractivity contribution in [2.75, 3.05) is 0 Å². The van der Waals surface area contributed by atoms with E-state index in [1.54, 1.807) is 0 Å². The average Bonchev–Trinajstić information content (AvgIpc) is 3.02. The zero-order chi connectivity index (χ0) is 15.9. The van der Waals surface area contributed by atoms with E-state index in [1.807, 2.05) is 10.8 Å². The first-order chi connectivity index (χ1) is 10.5. The second-order valence-electron chi connectivity index (χ2n) is 6.54. The van der Waals surface area contributed by atoms with Crippen LogP contribution in [0.4, 0.5) is 0 Å². The van der Waals surface area contributed by atoms with Gasteiger partial charge < -0.3 is 5.11 Å². The molecule has 1 heterocycles. The Kier molecular flexibility index (Phi) is 3.92. The Bertz CT molecular complexity index is 695. The van der Waals surface area contributed by atoms with Gasteiger partial charge in [0.1, 0.15) is 0 Å². The minimum absolute atomic E-state index is 0.277. The number of hydrogen-bond acceptors (Lipinski definition) is 2. The maximum Gasteiger partial charge on any atom is 0.0730 e. The number of rotatable bonds is 3. The molecule has 0 amide bonds. The van der Waals surface area contributed by atoms with Crippen molar-refractivity contribution in [1.29, 1.82) is 0 Å². The Morgan fingerprint density at radius 1 is 1.14 bits per heavy atom. The highest BCUT2D eigenvalue weighted by molar-refractivity contribution is 5.42. The average molecular weight is 296 g/mol. The second kappa shape index (κ2) is 5.73. The molecule has 1 aliphatic rings. The van der Waals surface area contributed by atoms with Gasteiger partial charge in [-0.1, -0.05) is 38.1 Å². The summed E-state index contributed by atoms with van der Waals surface area (Å²) in [5.74, 6) is 0.814. The van der Waals surface area contributed by atoms with E-state index >= 15 is 0 Å². The first-order valence-corrected chi connectivity index (χ1v) is 8.00. The third kappa shape index (κ3) is 2.61. The molecule has 1 N–H and O–H groups in total. The molecule has 2 atom stereocenters. The predicted octanol–water partition coefficient (Wildman–Crippen LogP) is 4.02. The number of aliphatic hydroxyl groups is 1. The lowest BCUT2D eigenvalue weighted by Crippen LogP contribution is -2.04. The van der Waals surface area contributed by atoms with Crippen molar-refractivity contribution in [3.63, 3.8) is 0 Å². The van der Waals surface area contributed by atoms with Gasteiger partial charge in [0, 0.05) is 17.2 Å². The summed E-state index contributed by atoms with van der Waals surface area (Å²) < 4.78 is 2.02. The summed E-state index contributed by atoms with van der Waals surface area (Å²) in [5.41, 5.74) is 5.90. The van der Waals surface area contributed by atoms with Crippen LogP contribution in [0.25, 0.3) is 5.69 Å². The van der Waals surface area contributed by atoms with Gasteiger partial charge in [-0.05, 0) is 43.9 Å². The maximum atomic E-state index is 9.74. The van der Waals surface area contributed by atoms with E-state index in [0.29, 0.717) is 5.92 Å². The largest absolute Gasteiger partial charge is 0.389 e. The zero-order valence-electron chi connectivity index (χ0n) is 13.7. The quantitative estimate of drug-likeness (QED) is 0.869. The minimum atomic E-state index is -0.322. The molecule has 0 fully saturated rings. The van der Waals surface area contributed by atoms with Gasteiger partial charge in [0.25, 0.3) is 0 Å². The van der Waals surface area contributed by atoms with Crippen LogP contribution in [0.15, 0.2) is 36.4 Å². The Balaban J connectivity index is 1.97. The molecule has 2 aromatic rings. The molecule has 1 aromatic carbocycles. The summed E-state index contributed by atoms with van der Waals surface area (Å²) in [6.07, 6.45) is 4.43. The summed E-state index contributed by atoms with van der Waals surface area (Å²) in [4.78, 5) is 0. The number of allylic oxidation sites excluding steroid dienone is 1. The SMILES string of the molecule is Cc1nn(-c2ccc(C(C)C)cc2)c(C)c1[C@H]1C=C[C@@H](O)C1. The number of aromatic nitrogens is 2. The molecule has 0 aliphatic heterocycles. The van der Waals surface area contributed by atoms with E-state index in [0.717, 1.165) is 17.8 Å². The summed E-state index contributed by atoms with van der Waals surface area (Å²) in [7, 11) is 0. The van der Waals surface area contributed by atoms with Crippen LogP contribution < -0.4 is 0 Å². The number of aryl methyl sites for hydroxylation is 1. The maximum absolute atomic E-state index is 9.74. The summed E-state index contributed by atoms with van der Waals surface area (Å²) >= 11 is 0. The summed E-state index contributed by atoms with van der Waals surface area (Å²) in [6, 6.07) is 8.63. The Morgan fingerprint density at radius 3 is 2.36 bits per heavy atom. The Hall–Kier alpha value is -1.87. The smallest absolute Gasteiger partial charge is 0.0730 e. The molecule has 3 heteroatoms. The molecule has 1 aromatic heterocycles. The number of aliphatic hydroxyl groups excluding tert-OH is 1. The van der Waals surface area contributed by atoms with E-state index in [-0.39, 0.29) is 12.0 Å². The molecule has 22 heavy (non-hydrogen) atoms. The lowest BCUT2D eigenvalue weighted by Gasteiger charge is -2.11. The topological polar surface area (TPSA) is 38.0 Å².